The topological polar surface area (TPSA) is 159 Å². The van der Waals surface area contributed by atoms with Gasteiger partial charge in [-0.05, 0) is 98.5 Å². The van der Waals surface area contributed by atoms with Gasteiger partial charge >= 0.3 is 5.97 Å². The van der Waals surface area contributed by atoms with E-state index in [9.17, 15) is 14.7 Å². The zero-order valence-electron chi connectivity index (χ0n) is 34.3. The van der Waals surface area contributed by atoms with Gasteiger partial charge in [-0.15, -0.1) is 0 Å². The lowest BCUT2D eigenvalue weighted by atomic mass is 9.34. The molecule has 5 aliphatic rings. The van der Waals surface area contributed by atoms with Gasteiger partial charge in [0.2, 0.25) is 5.82 Å². The molecule has 2 heterocycles. The highest BCUT2D eigenvalue weighted by molar-refractivity contribution is 6.00. The number of hydrogen-bond donors (Lipinski definition) is 3. The first-order chi connectivity index (χ1) is 24.7. The zero-order chi connectivity index (χ0) is 39.1. The smallest absolute Gasteiger partial charge is 0.308 e. The lowest BCUT2D eigenvalue weighted by Gasteiger charge is -2.70. The molecule has 1 aliphatic heterocycles. The first kappa shape index (κ1) is 40.0. The number of allylic oxidation sites excluding steroid dienone is 1. The van der Waals surface area contributed by atoms with Gasteiger partial charge in [0.05, 0.1) is 37.9 Å². The van der Waals surface area contributed by atoms with Gasteiger partial charge in [0.1, 0.15) is 6.33 Å². The number of amides is 1. The highest BCUT2D eigenvalue weighted by Crippen LogP contribution is 2.75. The molecule has 1 amide bonds. The maximum absolute atomic E-state index is 15.1. The summed E-state index contributed by atoms with van der Waals surface area (Å²) in [6, 6.07) is -0.406. The van der Waals surface area contributed by atoms with Crippen molar-refractivity contribution in [2.24, 2.45) is 68.3 Å². The number of hydrogen-bond acceptors (Lipinski definition) is 8. The molecule has 4 N–H and O–H groups in total. The van der Waals surface area contributed by atoms with E-state index < -0.39 is 50.9 Å². The highest BCUT2D eigenvalue weighted by atomic mass is 16.5. The first-order valence-corrected chi connectivity index (χ1v) is 20.3. The molecule has 0 radical (unpaired) electrons. The van der Waals surface area contributed by atoms with E-state index in [0.717, 1.165) is 44.2 Å². The van der Waals surface area contributed by atoms with E-state index in [0.29, 0.717) is 26.2 Å². The minimum absolute atomic E-state index is 0.000100. The summed E-state index contributed by atoms with van der Waals surface area (Å²) in [5.74, 6) is -1.50. The summed E-state index contributed by atoms with van der Waals surface area (Å²) in [6.07, 6.45) is 7.70. The van der Waals surface area contributed by atoms with Crippen LogP contribution in [0.5, 0.6) is 0 Å². The number of primary amides is 1. The zero-order valence-corrected chi connectivity index (χ0v) is 34.3. The third kappa shape index (κ3) is 5.62. The summed E-state index contributed by atoms with van der Waals surface area (Å²) < 4.78 is 15.5. The molecule has 296 valence electrons. The van der Waals surface area contributed by atoms with E-state index in [1.165, 1.54) is 6.33 Å². The molecule has 11 heteroatoms. The molecule has 1 aromatic heterocycles. The Labute approximate surface area is 317 Å². The number of rotatable bonds is 12. The maximum Gasteiger partial charge on any atom is 0.308 e. The predicted molar refractivity (Wildman–Crippen MR) is 203 cm³/mol. The van der Waals surface area contributed by atoms with Crippen molar-refractivity contribution in [1.29, 1.82) is 0 Å². The number of carbonyl (C=O) groups excluding carboxylic acids is 2. The SMILES string of the molecule is CCCN[C@@](C)(CO[C@H]1[C@H](n2ncnc2C(N)=O)CC23COC[C@@]1(C)[C@@H]2CC[C@H]1C3=CC(=O)[C@@]2(C)[C@H](C(=O)O)[C@@](C)([C@H](C)C(C)C)CC[C@]12C)C(C)C. The van der Waals surface area contributed by atoms with Crippen LogP contribution in [0.4, 0.5) is 0 Å². The average molecular weight is 738 g/mol. The van der Waals surface area contributed by atoms with Crippen molar-refractivity contribution in [2.75, 3.05) is 26.4 Å². The van der Waals surface area contributed by atoms with Crippen molar-refractivity contribution >= 4 is 17.7 Å². The summed E-state index contributed by atoms with van der Waals surface area (Å²) in [7, 11) is 0. The van der Waals surface area contributed by atoms with Crippen molar-refractivity contribution in [3.63, 3.8) is 0 Å². The van der Waals surface area contributed by atoms with E-state index in [4.69, 9.17) is 15.2 Å². The van der Waals surface area contributed by atoms with Crippen molar-refractivity contribution in [3.05, 3.63) is 23.8 Å². The Morgan fingerprint density at radius 3 is 2.43 bits per heavy atom. The highest BCUT2D eigenvalue weighted by Gasteiger charge is 2.74. The van der Waals surface area contributed by atoms with Crippen LogP contribution in [0.25, 0.3) is 0 Å². The molecule has 1 unspecified atom stereocenters. The number of nitrogens with zero attached hydrogens (tertiary/aromatic N) is 3. The fourth-order valence-corrected chi connectivity index (χ4v) is 12.7. The number of aromatic nitrogens is 3. The average Bonchev–Trinajstić information content (AvgIpc) is 3.58. The molecular formula is C42H67N5O6. The minimum atomic E-state index is -1.08. The second kappa shape index (κ2) is 13.5. The van der Waals surface area contributed by atoms with Crippen LogP contribution in [-0.4, -0.2) is 75.5 Å². The lowest BCUT2D eigenvalue weighted by Crippen LogP contribution is -2.70. The number of ether oxygens (including phenoxy) is 2. The van der Waals surface area contributed by atoms with E-state index in [1.807, 2.05) is 13.0 Å². The Kier molecular flexibility index (Phi) is 10.2. The standard InChI is InChI=1S/C42H67N5O6/c1-12-17-45-40(10,25(4)5)21-53-33-29(47-35(34(43)49)44-23-46-47)19-42-22-52-20-38(33,8)30(42)14-13-27-28(42)18-31(48)41(11)32(36(50)51)37(7,26(6)24(2)3)15-16-39(27,41)9/h18,23-27,29-30,32-33,45H,12-17,19-22H2,1-11H3,(H2,43,49)(H,50,51)/t26-,27+,29-,30+,32-,33+,37-,38+,39-,40+,41+,42?/m1/s1. The van der Waals surface area contributed by atoms with Crippen LogP contribution in [-0.2, 0) is 19.1 Å². The largest absolute Gasteiger partial charge is 0.481 e. The minimum Gasteiger partial charge on any atom is -0.481 e. The summed E-state index contributed by atoms with van der Waals surface area (Å²) in [5.41, 5.74) is 3.48. The lowest BCUT2D eigenvalue weighted by molar-refractivity contribution is -0.251. The quantitative estimate of drug-likeness (QED) is 0.218. The summed E-state index contributed by atoms with van der Waals surface area (Å²) >= 11 is 0. The van der Waals surface area contributed by atoms with Crippen LogP contribution < -0.4 is 11.1 Å². The Bertz CT molecular complexity index is 1640. The molecule has 4 aliphatic carbocycles. The van der Waals surface area contributed by atoms with Gasteiger partial charge in [0.15, 0.2) is 5.78 Å². The van der Waals surface area contributed by atoms with Gasteiger partial charge in [0, 0.05) is 21.8 Å². The number of fused-ring (bicyclic) bond motifs is 3. The molecule has 6 rings (SSSR count). The number of carboxylic acids is 1. The third-order valence-corrected chi connectivity index (χ3v) is 16.7. The summed E-state index contributed by atoms with van der Waals surface area (Å²) in [4.78, 5) is 45.7. The Morgan fingerprint density at radius 1 is 1.13 bits per heavy atom. The van der Waals surface area contributed by atoms with Crippen LogP contribution in [0.15, 0.2) is 18.0 Å². The van der Waals surface area contributed by atoms with Crippen molar-refractivity contribution in [1.82, 2.24) is 20.1 Å². The number of aliphatic carboxylic acids is 1. The molecule has 11 nitrogen and oxygen atoms in total. The Balaban J connectivity index is 1.49. The van der Waals surface area contributed by atoms with Gasteiger partial charge in [0.25, 0.3) is 5.91 Å². The normalized spacial score (nSPS) is 41.2. The van der Waals surface area contributed by atoms with Gasteiger partial charge in [-0.1, -0.05) is 74.8 Å². The van der Waals surface area contributed by atoms with E-state index in [2.05, 4.69) is 84.6 Å². The number of carboxylic acid groups (broad SMARTS) is 1. The first-order valence-electron chi connectivity index (χ1n) is 20.3. The molecule has 1 saturated heterocycles. The predicted octanol–water partition coefficient (Wildman–Crippen LogP) is 6.49. The maximum atomic E-state index is 15.1. The molecule has 1 aromatic rings. The van der Waals surface area contributed by atoms with E-state index in [-0.39, 0.29) is 52.8 Å². The monoisotopic (exact) mass is 738 g/mol. The number of nitrogens with two attached hydrogens (primary N) is 1. The van der Waals surface area contributed by atoms with Gasteiger partial charge in [-0.3, -0.25) is 14.4 Å². The molecule has 12 atom stereocenters. The van der Waals surface area contributed by atoms with E-state index in [1.54, 1.807) is 4.68 Å². The second-order valence-electron chi connectivity index (χ2n) is 19.6. The van der Waals surface area contributed by atoms with Crippen molar-refractivity contribution in [3.8, 4) is 0 Å². The van der Waals surface area contributed by atoms with Gasteiger partial charge in [-0.25, -0.2) is 9.67 Å². The number of carbonyl (C=O) groups is 3. The molecule has 0 spiro atoms. The number of nitrogens with one attached hydrogen (secondary N) is 1. The summed E-state index contributed by atoms with van der Waals surface area (Å²) in [6.45, 7) is 26.0. The fourth-order valence-electron chi connectivity index (χ4n) is 12.7. The van der Waals surface area contributed by atoms with Crippen molar-refractivity contribution in [2.45, 2.75) is 132 Å². The van der Waals surface area contributed by atoms with Gasteiger partial charge < -0.3 is 25.6 Å². The number of ketones is 1. The second-order valence-corrected chi connectivity index (χ2v) is 19.6. The van der Waals surface area contributed by atoms with Crippen LogP contribution in [0.2, 0.25) is 0 Å². The van der Waals surface area contributed by atoms with Gasteiger partial charge in [-0.2, -0.15) is 5.10 Å². The molecular weight excluding hydrogens is 670 g/mol. The van der Waals surface area contributed by atoms with Crippen LogP contribution in [0.3, 0.4) is 0 Å². The van der Waals surface area contributed by atoms with Crippen LogP contribution in [0, 0.1) is 62.6 Å². The molecule has 0 aromatic carbocycles. The Hall–Kier alpha value is -2.63. The molecule has 2 bridgehead atoms. The van der Waals surface area contributed by atoms with Crippen molar-refractivity contribution < 1.29 is 29.0 Å². The fraction of sp³-hybridized carbons (Fsp3) is 0.833. The Morgan fingerprint density at radius 2 is 1.83 bits per heavy atom. The van der Waals surface area contributed by atoms with Crippen LogP contribution in [0.1, 0.15) is 131 Å². The third-order valence-electron chi connectivity index (χ3n) is 16.7. The summed E-state index contributed by atoms with van der Waals surface area (Å²) in [5, 5.41) is 19.4. The molecule has 53 heavy (non-hydrogen) atoms. The molecule has 4 fully saturated rings. The van der Waals surface area contributed by atoms with E-state index >= 15 is 4.79 Å². The van der Waals surface area contributed by atoms with Crippen LogP contribution >= 0.6 is 0 Å². The molecule has 3 saturated carbocycles.